The van der Waals surface area contributed by atoms with Gasteiger partial charge in [-0.15, -0.1) is 0 Å². The van der Waals surface area contributed by atoms with Crippen LogP contribution in [0.15, 0.2) is 81.1 Å². The van der Waals surface area contributed by atoms with E-state index >= 15 is 0 Å². The molecule has 0 saturated carbocycles. The van der Waals surface area contributed by atoms with Gasteiger partial charge in [-0.05, 0) is 29.8 Å². The van der Waals surface area contributed by atoms with Crippen LogP contribution in [-0.2, 0) is 11.4 Å². The lowest BCUT2D eigenvalue weighted by atomic mass is 10.1. The zero-order valence-electron chi connectivity index (χ0n) is 11.6. The fraction of sp³-hybridized carbons (Fsp3) is 0.0588. The highest BCUT2D eigenvalue weighted by molar-refractivity contribution is 6.50. The van der Waals surface area contributed by atoms with Gasteiger partial charge in [0.15, 0.2) is 17.2 Å². The summed E-state index contributed by atoms with van der Waals surface area (Å²) in [5.41, 5.74) is 1.02. The Morgan fingerprint density at radius 2 is 1.59 bits per heavy atom. The molecule has 0 atom stereocenters. The number of hydrogen-bond donors (Lipinski definition) is 0. The number of carbonyl (C=O) groups excluding carboxylic acids is 1. The maximum absolute atomic E-state index is 12.4. The fourth-order valence-electron chi connectivity index (χ4n) is 1.88. The molecule has 0 radical (unpaired) electrons. The topological polar surface area (TPSA) is 64.9 Å². The van der Waals surface area contributed by atoms with Crippen molar-refractivity contribution in [1.29, 1.82) is 0 Å². The van der Waals surface area contributed by atoms with Crippen molar-refractivity contribution in [3.05, 3.63) is 84.2 Å². The molecule has 2 heterocycles. The van der Waals surface area contributed by atoms with Gasteiger partial charge in [0.05, 0.1) is 12.5 Å². The number of hydrogen-bond acceptors (Lipinski definition) is 5. The second-order valence-corrected chi connectivity index (χ2v) is 4.48. The molecule has 0 N–H and O–H groups in total. The van der Waals surface area contributed by atoms with Crippen molar-refractivity contribution in [2.24, 2.45) is 5.16 Å². The summed E-state index contributed by atoms with van der Waals surface area (Å²) in [5, 5.41) is 3.93. The average molecular weight is 295 g/mol. The Morgan fingerprint density at radius 1 is 0.909 bits per heavy atom. The number of nitrogens with zero attached hydrogens (tertiary/aromatic N) is 1. The number of ketones is 1. The van der Waals surface area contributed by atoms with Crippen LogP contribution in [0, 0.1) is 0 Å². The highest BCUT2D eigenvalue weighted by Crippen LogP contribution is 2.11. The minimum Gasteiger partial charge on any atom is -0.462 e. The number of rotatable bonds is 6. The van der Waals surface area contributed by atoms with Crippen LogP contribution in [0.25, 0.3) is 0 Å². The molecule has 22 heavy (non-hydrogen) atoms. The summed E-state index contributed by atoms with van der Waals surface area (Å²) in [7, 11) is 0. The number of Topliss-reactive ketones (excluding diaryl/α,β-unsaturated/α-hetero) is 1. The quantitative estimate of drug-likeness (QED) is 0.395. The largest absolute Gasteiger partial charge is 0.462 e. The second kappa shape index (κ2) is 6.58. The van der Waals surface area contributed by atoms with Crippen molar-refractivity contribution in [1.82, 2.24) is 0 Å². The predicted molar refractivity (Wildman–Crippen MR) is 79.5 cm³/mol. The zero-order valence-corrected chi connectivity index (χ0v) is 11.6. The molecule has 0 bridgehead atoms. The van der Waals surface area contributed by atoms with Gasteiger partial charge in [0, 0.05) is 0 Å². The number of carbonyl (C=O) groups is 1. The molecule has 0 spiro atoms. The van der Waals surface area contributed by atoms with E-state index in [-0.39, 0.29) is 18.1 Å². The maximum Gasteiger partial charge on any atom is 0.253 e. The lowest BCUT2D eigenvalue weighted by Crippen LogP contribution is -2.15. The van der Waals surface area contributed by atoms with Crippen LogP contribution in [0.3, 0.4) is 0 Å². The predicted octanol–water partition coefficient (Wildman–Crippen LogP) is 3.68. The van der Waals surface area contributed by atoms with Crippen LogP contribution in [0.2, 0.25) is 0 Å². The summed E-state index contributed by atoms with van der Waals surface area (Å²) in [5.74, 6) is 0.112. The molecule has 1 aromatic carbocycles. The Bertz CT molecular complexity index is 743. The van der Waals surface area contributed by atoms with E-state index in [1.807, 2.05) is 30.3 Å². The Morgan fingerprint density at radius 3 is 2.23 bits per heavy atom. The van der Waals surface area contributed by atoms with Crippen LogP contribution in [0.1, 0.15) is 21.9 Å². The molecule has 0 amide bonds. The lowest BCUT2D eigenvalue weighted by molar-refractivity contribution is 0.101. The van der Waals surface area contributed by atoms with Crippen molar-refractivity contribution < 1.29 is 18.5 Å². The number of benzene rings is 1. The standard InChI is InChI=1S/C17H13NO4/c19-17(15-9-5-11-21-15)16(14-8-4-10-20-14)18-22-12-13-6-2-1-3-7-13/h1-11H,12H2/b18-16+. The Hall–Kier alpha value is -3.08. The number of oxime groups is 1. The van der Waals surface area contributed by atoms with E-state index in [0.29, 0.717) is 5.76 Å². The van der Waals surface area contributed by atoms with Gasteiger partial charge in [-0.1, -0.05) is 35.5 Å². The van der Waals surface area contributed by atoms with E-state index in [9.17, 15) is 4.79 Å². The summed E-state index contributed by atoms with van der Waals surface area (Å²) in [4.78, 5) is 17.7. The summed E-state index contributed by atoms with van der Waals surface area (Å²) < 4.78 is 10.4. The first-order chi connectivity index (χ1) is 10.8. The van der Waals surface area contributed by atoms with E-state index < -0.39 is 5.78 Å². The first-order valence-corrected chi connectivity index (χ1v) is 6.70. The van der Waals surface area contributed by atoms with Crippen molar-refractivity contribution in [3.63, 3.8) is 0 Å². The van der Waals surface area contributed by atoms with Gasteiger partial charge in [0.1, 0.15) is 6.61 Å². The first-order valence-electron chi connectivity index (χ1n) is 6.70. The Labute approximate surface area is 126 Å². The molecule has 0 aliphatic rings. The molecule has 2 aromatic heterocycles. The Kier molecular flexibility index (Phi) is 4.15. The molecule has 5 heteroatoms. The minimum atomic E-state index is -0.395. The molecular formula is C17H13NO4. The highest BCUT2D eigenvalue weighted by atomic mass is 16.6. The second-order valence-electron chi connectivity index (χ2n) is 4.48. The van der Waals surface area contributed by atoms with E-state index in [0.717, 1.165) is 5.56 Å². The highest BCUT2D eigenvalue weighted by Gasteiger charge is 2.22. The third-order valence-corrected chi connectivity index (χ3v) is 2.94. The van der Waals surface area contributed by atoms with Crippen molar-refractivity contribution >= 4 is 11.5 Å². The zero-order chi connectivity index (χ0) is 15.2. The van der Waals surface area contributed by atoms with Gasteiger partial charge in [0.25, 0.3) is 5.78 Å². The molecule has 0 saturated heterocycles. The van der Waals surface area contributed by atoms with Gasteiger partial charge in [-0.25, -0.2) is 0 Å². The molecule has 110 valence electrons. The molecule has 0 aliphatic heterocycles. The first kappa shape index (κ1) is 13.9. The molecular weight excluding hydrogens is 282 g/mol. The molecule has 0 aliphatic carbocycles. The molecule has 0 unspecified atom stereocenters. The SMILES string of the molecule is O=C(/C(=N/OCc1ccccc1)c1ccco1)c1ccco1. The van der Waals surface area contributed by atoms with Crippen LogP contribution in [0.4, 0.5) is 0 Å². The van der Waals surface area contributed by atoms with E-state index in [1.54, 1.807) is 24.3 Å². The summed E-state index contributed by atoms with van der Waals surface area (Å²) >= 11 is 0. The monoisotopic (exact) mass is 295 g/mol. The van der Waals surface area contributed by atoms with Gasteiger partial charge in [-0.2, -0.15) is 0 Å². The number of furan rings is 2. The molecule has 5 nitrogen and oxygen atoms in total. The smallest absolute Gasteiger partial charge is 0.253 e. The van der Waals surface area contributed by atoms with Crippen LogP contribution < -0.4 is 0 Å². The molecule has 0 fully saturated rings. The van der Waals surface area contributed by atoms with E-state index in [2.05, 4.69) is 5.16 Å². The minimum absolute atomic E-state index is 0.0656. The van der Waals surface area contributed by atoms with Crippen LogP contribution >= 0.6 is 0 Å². The molecule has 3 rings (SSSR count). The van der Waals surface area contributed by atoms with Gasteiger partial charge in [-0.3, -0.25) is 4.79 Å². The summed E-state index contributed by atoms with van der Waals surface area (Å²) in [6, 6.07) is 16.1. The van der Waals surface area contributed by atoms with Crippen LogP contribution in [-0.4, -0.2) is 11.5 Å². The average Bonchev–Trinajstić information content (AvgIpc) is 3.25. The van der Waals surface area contributed by atoms with Gasteiger partial charge in [0.2, 0.25) is 0 Å². The van der Waals surface area contributed by atoms with Crippen molar-refractivity contribution in [2.45, 2.75) is 6.61 Å². The fourth-order valence-corrected chi connectivity index (χ4v) is 1.88. The van der Waals surface area contributed by atoms with Gasteiger partial charge >= 0.3 is 0 Å². The lowest BCUT2D eigenvalue weighted by Gasteiger charge is -2.03. The maximum atomic E-state index is 12.4. The van der Waals surface area contributed by atoms with Crippen molar-refractivity contribution in [3.8, 4) is 0 Å². The van der Waals surface area contributed by atoms with Crippen LogP contribution in [0.5, 0.6) is 0 Å². The van der Waals surface area contributed by atoms with E-state index in [4.69, 9.17) is 13.7 Å². The third-order valence-electron chi connectivity index (χ3n) is 2.94. The third kappa shape index (κ3) is 3.15. The Balaban J connectivity index is 1.80. The van der Waals surface area contributed by atoms with E-state index in [1.165, 1.54) is 12.5 Å². The summed E-state index contributed by atoms with van der Waals surface area (Å²) in [6.07, 6.45) is 2.90. The van der Waals surface area contributed by atoms with Gasteiger partial charge < -0.3 is 13.7 Å². The summed E-state index contributed by atoms with van der Waals surface area (Å²) in [6.45, 7) is 0.260. The normalized spacial score (nSPS) is 11.4. The van der Waals surface area contributed by atoms with Crippen molar-refractivity contribution in [2.75, 3.05) is 0 Å². The molecule has 3 aromatic rings.